The lowest BCUT2D eigenvalue weighted by atomic mass is 9.33. The van der Waals surface area contributed by atoms with Crippen molar-refractivity contribution in [2.24, 2.45) is 101 Å². The summed E-state index contributed by atoms with van der Waals surface area (Å²) in [5.41, 5.74) is -3.31. The lowest BCUT2D eigenvalue weighted by molar-refractivity contribution is -0.308. The van der Waals surface area contributed by atoms with Gasteiger partial charge in [-0.3, -0.25) is 9.59 Å². The number of ether oxygens (including phenoxy) is 6. The molecule has 0 aromatic heterocycles. The molecule has 0 radical (unpaired) electrons. The maximum atomic E-state index is 14.6. The molecule has 0 amide bonds. The van der Waals surface area contributed by atoms with Crippen molar-refractivity contribution in [2.75, 3.05) is 19.8 Å². The summed E-state index contributed by atoms with van der Waals surface area (Å²) in [5.74, 6) is -1.01. The van der Waals surface area contributed by atoms with E-state index in [1.54, 1.807) is 0 Å². The van der Waals surface area contributed by atoms with E-state index in [0.717, 1.165) is 82.6 Å². The summed E-state index contributed by atoms with van der Waals surface area (Å²) >= 11 is 0. The monoisotopic (exact) mass is 1370 g/mol. The molecule has 0 aromatic carbocycles. The summed E-state index contributed by atoms with van der Waals surface area (Å²) in [5, 5.41) is 138. The summed E-state index contributed by atoms with van der Waals surface area (Å²) in [6.45, 7) is 30.6. The van der Waals surface area contributed by atoms with Crippen molar-refractivity contribution in [3.8, 4) is 0 Å². The van der Waals surface area contributed by atoms with Gasteiger partial charge in [0.15, 0.2) is 12.6 Å². The van der Waals surface area contributed by atoms with Crippen molar-refractivity contribution in [1.29, 1.82) is 0 Å². The molecule has 21 nitrogen and oxygen atoms in total. The third-order valence-corrected chi connectivity index (χ3v) is 32.4. The molecule has 3 saturated heterocycles. The van der Waals surface area contributed by atoms with E-state index >= 15 is 0 Å². The van der Waals surface area contributed by atoms with Gasteiger partial charge in [-0.2, -0.15) is 0 Å². The van der Waals surface area contributed by atoms with Crippen molar-refractivity contribution in [1.82, 2.24) is 0 Å². The van der Waals surface area contributed by atoms with Gasteiger partial charge in [-0.1, -0.05) is 106 Å². The molecule has 21 heteroatoms. The Balaban J connectivity index is 0.000000190. The highest BCUT2D eigenvalue weighted by molar-refractivity contribution is 5.79. The number of aliphatic hydroxyl groups excluding tert-OH is 10. The number of allylic oxidation sites excluding steroid dienone is 2. The molecule has 2 unspecified atom stereocenters. The van der Waals surface area contributed by atoms with Gasteiger partial charge in [-0.15, -0.1) is 0 Å². The van der Waals surface area contributed by atoms with Crippen molar-refractivity contribution in [3.05, 3.63) is 23.3 Å². The van der Waals surface area contributed by atoms with Crippen molar-refractivity contribution < 1.29 is 104 Å². The minimum Gasteiger partial charge on any atom is -0.481 e. The number of rotatable bonds is 8. The Morgan fingerprint density at radius 2 is 0.876 bits per heavy atom. The highest BCUT2D eigenvalue weighted by Gasteiger charge is 2.75. The zero-order valence-corrected chi connectivity index (χ0v) is 60.4. The minimum atomic E-state index is -1.72. The van der Waals surface area contributed by atoms with Gasteiger partial charge in [0.25, 0.3) is 0 Å². The average molecular weight is 1370 g/mol. The first-order valence-electron chi connectivity index (χ1n) is 37.2. The Kier molecular flexibility index (Phi) is 19.2. The molecule has 10 aliphatic carbocycles. The lowest BCUT2D eigenvalue weighted by Crippen LogP contribution is -2.68. The summed E-state index contributed by atoms with van der Waals surface area (Å²) in [4.78, 5) is 27.6. The van der Waals surface area contributed by atoms with Crippen LogP contribution in [-0.2, 0) is 38.0 Å². The fourth-order valence-electron chi connectivity index (χ4n) is 25.6. The highest BCUT2D eigenvalue weighted by Crippen LogP contribution is 2.79. The molecule has 3 heterocycles. The Morgan fingerprint density at radius 3 is 1.30 bits per heavy atom. The van der Waals surface area contributed by atoms with Crippen molar-refractivity contribution >= 4 is 11.9 Å². The van der Waals surface area contributed by atoms with Crippen LogP contribution in [0.1, 0.15) is 213 Å². The van der Waals surface area contributed by atoms with Crippen LogP contribution in [0.4, 0.5) is 0 Å². The molecule has 0 aromatic rings. The van der Waals surface area contributed by atoms with Crippen LogP contribution in [-0.4, -0.2) is 201 Å². The number of carboxylic acid groups (broad SMARTS) is 1. The van der Waals surface area contributed by atoms with E-state index < -0.39 is 126 Å². The predicted octanol–water partition coefficient (Wildman–Crippen LogP) is 6.59. The SMILES string of the molecule is C[C@@H]1CC[C@]2(C(=O)O)CC[C@]3(C)C(=CCC4[C@@]5(C)CC[C@H](O[C@@H]6OC[C@H](O)[C@H](O)[C@H]6O)C(C)(C)[C@@H]5CC[C@]43C)[C@@H]2[C@]1(C)O.C[C@@H]1CC[C@]2(C(=O)O[C@@H]3O[C@H](CO)[C@@H](O)[C@H](O)[C@H]3O)CC[C@]3(C)C(=CCC4[C@@]5(C)CC[C@H](O[C@@H]6OC[C@H](O)[C@H](O)[C@H]6O)C(C)(C)[C@@H]5CC[C@]43C)[C@@H]2[C@]1(C)O. The summed E-state index contributed by atoms with van der Waals surface area (Å²) in [7, 11) is 0. The fourth-order valence-corrected chi connectivity index (χ4v) is 25.6. The fraction of sp³-hybridized carbons (Fsp3) is 0.921. The Bertz CT molecular complexity index is 3020. The molecular formula is C76H122O21. The standard InChI is InChI=1S/C41H66O13.C35H56O8/c1-20-10-15-41(35(49)54-34-31(48)29(46)28(45)23(18-42)52-34)17-16-38(5)21(32(41)40(20,7)50)8-9-25-37(4)13-12-26(36(2,3)24(37)11-14-39(25,38)6)53-33-30(47)27(44)22(43)19-51-33;1-19-10-15-35(29(39)40)17-16-32(5)20(27(35)34(19,7)41)8-9-23-31(4)13-12-24(30(2,3)22(31)11-14-33(23,32)6)43-28-26(38)25(37)21(36)18-42-28/h8,20,22-34,42-48,50H,9-19H2,1-7H3;8,19,21-28,36-38,41H,9-18H2,1-7H3,(H,39,40)/t20-,22+,23-,24+,25?,26+,27+,28-,29+,30-,31-,32-,33+,34+,37+,38-,39-,40-,41+;19-,21+,22+,23?,24+,25+,26-,27-,28+,31+,32-,33-,34-,35+/m11/s1. The first-order valence-corrected chi connectivity index (χ1v) is 37.2. The predicted molar refractivity (Wildman–Crippen MR) is 354 cm³/mol. The third-order valence-electron chi connectivity index (χ3n) is 32.4. The van der Waals surface area contributed by atoms with E-state index in [9.17, 15) is 76.0 Å². The van der Waals surface area contributed by atoms with Crippen LogP contribution in [0.15, 0.2) is 23.3 Å². The first kappa shape index (κ1) is 74.5. The van der Waals surface area contributed by atoms with E-state index in [2.05, 4.69) is 88.3 Å². The largest absolute Gasteiger partial charge is 0.481 e. The van der Waals surface area contributed by atoms with E-state index in [-0.39, 0.29) is 92.4 Å². The molecule has 33 atom stereocenters. The number of hydrogen-bond acceptors (Lipinski definition) is 20. The number of aliphatic carboxylic acids is 1. The summed E-state index contributed by atoms with van der Waals surface area (Å²) < 4.78 is 35.7. The topological polar surface area (TPSA) is 353 Å². The van der Waals surface area contributed by atoms with Crippen LogP contribution in [0.3, 0.4) is 0 Å². The van der Waals surface area contributed by atoms with Crippen molar-refractivity contribution in [3.63, 3.8) is 0 Å². The average Bonchev–Trinajstić information content (AvgIpc) is 0.677. The van der Waals surface area contributed by atoms with E-state index in [1.165, 1.54) is 5.57 Å². The molecule has 13 rings (SSSR count). The molecule has 8 saturated carbocycles. The zero-order valence-electron chi connectivity index (χ0n) is 60.4. The second kappa shape index (κ2) is 25.0. The summed E-state index contributed by atoms with van der Waals surface area (Å²) in [6, 6.07) is 0. The van der Waals surface area contributed by atoms with Crippen LogP contribution in [0.2, 0.25) is 0 Å². The van der Waals surface area contributed by atoms with Crippen LogP contribution >= 0.6 is 0 Å². The molecule has 0 bridgehead atoms. The van der Waals surface area contributed by atoms with Crippen molar-refractivity contribution in [2.45, 2.75) is 316 Å². The Hall–Kier alpha value is -2.26. The third kappa shape index (κ3) is 10.7. The highest BCUT2D eigenvalue weighted by atomic mass is 16.7. The zero-order chi connectivity index (χ0) is 71.1. The maximum absolute atomic E-state index is 14.6. The quantitative estimate of drug-likeness (QED) is 0.0692. The molecule has 552 valence electrons. The molecular weight excluding hydrogens is 1250 g/mol. The van der Waals surface area contributed by atoms with Gasteiger partial charge in [0.05, 0.1) is 54.1 Å². The molecule has 13 aliphatic rings. The van der Waals surface area contributed by atoms with Crippen LogP contribution in [0.25, 0.3) is 0 Å². The van der Waals surface area contributed by atoms with Gasteiger partial charge in [-0.25, -0.2) is 0 Å². The number of fused-ring (bicyclic) bond motifs is 14. The van der Waals surface area contributed by atoms with Crippen LogP contribution < -0.4 is 0 Å². The number of carbonyl (C=O) groups is 2. The second-order valence-corrected chi connectivity index (χ2v) is 37.0. The number of hydrogen-bond donors (Lipinski definition) is 13. The van der Waals surface area contributed by atoms with Gasteiger partial charge < -0.3 is 94.8 Å². The minimum absolute atomic E-state index is 0.0313. The summed E-state index contributed by atoms with van der Waals surface area (Å²) in [6.07, 6.45) is 1.02. The Labute approximate surface area is 574 Å². The lowest BCUT2D eigenvalue weighted by Gasteiger charge is -2.72. The number of aliphatic hydroxyl groups is 12. The molecule has 0 spiro atoms. The van der Waals surface area contributed by atoms with Gasteiger partial charge in [-0.05, 0) is 208 Å². The number of esters is 1. The Morgan fingerprint density at radius 1 is 0.474 bits per heavy atom. The second-order valence-electron chi connectivity index (χ2n) is 37.0. The molecule has 13 N–H and O–H groups in total. The van der Waals surface area contributed by atoms with Gasteiger partial charge in [0, 0.05) is 11.8 Å². The molecule has 11 fully saturated rings. The van der Waals surface area contributed by atoms with E-state index in [1.807, 2.05) is 20.8 Å². The van der Waals surface area contributed by atoms with Gasteiger partial charge in [0.2, 0.25) is 6.29 Å². The first-order chi connectivity index (χ1) is 45.0. The van der Waals surface area contributed by atoms with E-state index in [4.69, 9.17) is 28.4 Å². The van der Waals surface area contributed by atoms with Gasteiger partial charge >= 0.3 is 11.9 Å². The number of carboxylic acids is 1. The van der Waals surface area contributed by atoms with Crippen LogP contribution in [0.5, 0.6) is 0 Å². The normalized spacial score (nSPS) is 55.8. The number of carbonyl (C=O) groups excluding carboxylic acids is 1. The van der Waals surface area contributed by atoms with E-state index in [0.29, 0.717) is 56.3 Å². The van der Waals surface area contributed by atoms with Gasteiger partial charge in [0.1, 0.15) is 61.0 Å². The van der Waals surface area contributed by atoms with Crippen LogP contribution in [0, 0.1) is 101 Å². The smallest absolute Gasteiger partial charge is 0.315 e. The molecule has 97 heavy (non-hydrogen) atoms. The maximum Gasteiger partial charge on any atom is 0.315 e. The molecule has 3 aliphatic heterocycles.